The van der Waals surface area contributed by atoms with Gasteiger partial charge in [0.05, 0.1) is 12.3 Å². The second kappa shape index (κ2) is 13.1. The van der Waals surface area contributed by atoms with Gasteiger partial charge in [0.2, 0.25) is 0 Å². The molecule has 2 aromatic rings. The number of likely N-dealkylation sites (tertiary alicyclic amines) is 1. The molecule has 0 radical (unpaired) electrons. The summed E-state index contributed by atoms with van der Waals surface area (Å²) in [6.45, 7) is 9.16. The number of alkyl halides is 2. The van der Waals surface area contributed by atoms with E-state index in [4.69, 9.17) is 11.6 Å². The fraction of sp³-hybridized carbons (Fsp3) is 0.464. The summed E-state index contributed by atoms with van der Waals surface area (Å²) in [7, 11) is -0.226. The number of nitrogens with one attached hydrogen (secondary N) is 1. The minimum Gasteiger partial charge on any atom is -0.318 e. The number of hydrogen-bond acceptors (Lipinski definition) is 5. The van der Waals surface area contributed by atoms with Crippen molar-refractivity contribution in [1.82, 2.24) is 10.2 Å². The number of piperidine rings is 1. The van der Waals surface area contributed by atoms with Crippen molar-refractivity contribution in [2.75, 3.05) is 30.5 Å². The van der Waals surface area contributed by atoms with Crippen molar-refractivity contribution in [2.45, 2.75) is 57.4 Å². The van der Waals surface area contributed by atoms with Crippen molar-refractivity contribution in [3.8, 4) is 0 Å². The maximum Gasteiger partial charge on any atom is 0.278 e. The summed E-state index contributed by atoms with van der Waals surface area (Å²) in [6, 6.07) is 16.6. The van der Waals surface area contributed by atoms with Crippen LogP contribution in [0.15, 0.2) is 58.7 Å². The number of rotatable bonds is 8. The molecule has 2 fully saturated rings. The Bertz CT molecular complexity index is 1130. The molecule has 2 saturated heterocycles. The van der Waals surface area contributed by atoms with Crippen molar-refractivity contribution < 1.29 is 8.78 Å². The lowest BCUT2D eigenvalue weighted by atomic mass is 10.0. The average Bonchev–Trinajstić information content (AvgIpc) is 3.39. The molecule has 5 nitrogen and oxygen atoms in total. The zero-order chi connectivity index (χ0) is 26.4. The second-order valence-electron chi connectivity index (χ2n) is 9.28. The Kier molecular flexibility index (Phi) is 9.87. The highest BCUT2D eigenvalue weighted by Gasteiger charge is 2.30. The number of hydrogen-bond donors (Lipinski definition) is 1. The first-order chi connectivity index (χ1) is 18.0. The minimum absolute atomic E-state index is 0.101. The maximum absolute atomic E-state index is 12.9. The van der Waals surface area contributed by atoms with Gasteiger partial charge < -0.3 is 9.62 Å². The Labute approximate surface area is 226 Å². The van der Waals surface area contributed by atoms with Gasteiger partial charge in [-0.25, -0.2) is 8.78 Å². The van der Waals surface area contributed by atoms with Gasteiger partial charge in [0.15, 0.2) is 0 Å². The molecule has 0 saturated carbocycles. The van der Waals surface area contributed by atoms with E-state index in [1.165, 1.54) is 0 Å². The first-order valence-electron chi connectivity index (χ1n) is 13.0. The van der Waals surface area contributed by atoms with E-state index >= 15 is 0 Å². The molecular formula is C28H36ClF2N5S. The van der Waals surface area contributed by atoms with E-state index in [-0.39, 0.29) is 22.8 Å². The van der Waals surface area contributed by atoms with Gasteiger partial charge in [-0.05, 0) is 55.3 Å². The van der Waals surface area contributed by atoms with Gasteiger partial charge in [-0.1, -0.05) is 72.3 Å². The topological polar surface area (TPSA) is 43.2 Å². The molecule has 37 heavy (non-hydrogen) atoms. The Hall–Kier alpha value is -2.13. The van der Waals surface area contributed by atoms with Crippen molar-refractivity contribution in [3.63, 3.8) is 0 Å². The summed E-state index contributed by atoms with van der Waals surface area (Å²) in [6.07, 6.45) is -0.172. The predicted molar refractivity (Wildman–Crippen MR) is 156 cm³/mol. The number of halogens is 3. The van der Waals surface area contributed by atoms with Crippen LogP contribution in [0.4, 0.5) is 14.5 Å². The molecule has 1 atom stereocenters. The Morgan fingerprint density at radius 2 is 1.81 bits per heavy atom. The van der Waals surface area contributed by atoms with E-state index in [9.17, 15) is 8.78 Å². The summed E-state index contributed by atoms with van der Waals surface area (Å²) in [4.78, 5) is 2.61. The van der Waals surface area contributed by atoms with Crippen LogP contribution in [0.2, 0.25) is 5.02 Å². The van der Waals surface area contributed by atoms with Gasteiger partial charge in [-0.3, -0.25) is 4.90 Å². The third kappa shape index (κ3) is 6.85. The molecule has 0 amide bonds. The van der Waals surface area contributed by atoms with Crippen LogP contribution in [0.1, 0.15) is 44.2 Å². The van der Waals surface area contributed by atoms with Crippen molar-refractivity contribution in [2.24, 2.45) is 10.2 Å². The molecule has 1 N–H and O–H groups in total. The van der Waals surface area contributed by atoms with Gasteiger partial charge in [-0.2, -0.15) is 10.2 Å². The first-order valence-corrected chi connectivity index (χ1v) is 14.8. The molecule has 0 aliphatic carbocycles. The van der Waals surface area contributed by atoms with Crippen LogP contribution in [-0.4, -0.2) is 66.1 Å². The highest BCUT2D eigenvalue weighted by atomic mass is 35.5. The number of benzene rings is 2. The zero-order valence-corrected chi connectivity index (χ0v) is 23.1. The van der Waals surface area contributed by atoms with E-state index in [0.717, 1.165) is 55.8 Å². The third-order valence-corrected chi connectivity index (χ3v) is 9.41. The number of nitrogens with zero attached hydrogens (tertiary/aromatic N) is 4. The molecule has 9 heteroatoms. The SMILES string of the molecule is C=S(C1CCN(C2CNC2)CC1)N(Cc1ccc(C2=NN=C(C(F)F)C2)cc1)c1cccc(Cl)c1.CC. The molecule has 3 aliphatic rings. The van der Waals surface area contributed by atoms with Crippen LogP contribution in [0.25, 0.3) is 0 Å². The summed E-state index contributed by atoms with van der Waals surface area (Å²) < 4.78 is 28.2. The maximum atomic E-state index is 12.9. The molecule has 5 rings (SSSR count). The Balaban J connectivity index is 0.00000156. The van der Waals surface area contributed by atoms with Crippen LogP contribution < -0.4 is 9.62 Å². The van der Waals surface area contributed by atoms with Crippen molar-refractivity contribution in [3.05, 3.63) is 64.7 Å². The van der Waals surface area contributed by atoms with Crippen molar-refractivity contribution in [1.29, 1.82) is 0 Å². The third-order valence-electron chi connectivity index (χ3n) is 7.03. The molecular weight excluding hydrogens is 512 g/mol. The van der Waals surface area contributed by atoms with E-state index in [1.807, 2.05) is 56.3 Å². The van der Waals surface area contributed by atoms with Crippen LogP contribution in [0.5, 0.6) is 0 Å². The van der Waals surface area contributed by atoms with E-state index in [0.29, 0.717) is 28.6 Å². The molecule has 3 aliphatic heterocycles. The smallest absolute Gasteiger partial charge is 0.278 e. The van der Waals surface area contributed by atoms with Crippen molar-refractivity contribution >= 4 is 45.3 Å². The lowest BCUT2D eigenvalue weighted by molar-refractivity contribution is 0.123. The Morgan fingerprint density at radius 3 is 2.38 bits per heavy atom. The Morgan fingerprint density at radius 1 is 1.11 bits per heavy atom. The van der Waals surface area contributed by atoms with Crippen LogP contribution in [0, 0.1) is 0 Å². The van der Waals surface area contributed by atoms with Crippen LogP contribution >= 0.6 is 22.3 Å². The van der Waals surface area contributed by atoms with E-state index in [1.54, 1.807) is 0 Å². The zero-order valence-electron chi connectivity index (χ0n) is 21.5. The molecule has 0 aromatic heterocycles. The highest BCUT2D eigenvalue weighted by Crippen LogP contribution is 2.38. The molecule has 2 aromatic carbocycles. The van der Waals surface area contributed by atoms with Gasteiger partial charge >= 0.3 is 0 Å². The lowest BCUT2D eigenvalue weighted by Gasteiger charge is -2.44. The monoisotopic (exact) mass is 547 g/mol. The quantitative estimate of drug-likeness (QED) is 0.398. The fourth-order valence-corrected chi connectivity index (χ4v) is 6.78. The van der Waals surface area contributed by atoms with Gasteiger partial charge in [0.1, 0.15) is 5.71 Å². The summed E-state index contributed by atoms with van der Waals surface area (Å²) in [5.41, 5.74) is 3.44. The summed E-state index contributed by atoms with van der Waals surface area (Å²) in [5.74, 6) is 4.65. The molecule has 1 unspecified atom stereocenters. The second-order valence-corrected chi connectivity index (χ2v) is 11.6. The van der Waals surface area contributed by atoms with E-state index in [2.05, 4.69) is 36.7 Å². The van der Waals surface area contributed by atoms with Gasteiger partial charge in [-0.15, -0.1) is 0 Å². The minimum atomic E-state index is -2.56. The number of anilines is 1. The highest BCUT2D eigenvalue weighted by molar-refractivity contribution is 8.15. The van der Waals surface area contributed by atoms with Crippen LogP contribution in [0.3, 0.4) is 0 Å². The average molecular weight is 548 g/mol. The first kappa shape index (κ1) is 27.9. The summed E-state index contributed by atoms with van der Waals surface area (Å²) >= 11 is 6.35. The molecule has 0 spiro atoms. The van der Waals surface area contributed by atoms with Gasteiger partial charge in [0, 0.05) is 41.5 Å². The normalized spacial score (nSPS) is 19.5. The molecule has 0 bridgehead atoms. The van der Waals surface area contributed by atoms with E-state index < -0.39 is 6.43 Å². The summed E-state index contributed by atoms with van der Waals surface area (Å²) in [5, 5.41) is 12.2. The van der Waals surface area contributed by atoms with Crippen LogP contribution in [-0.2, 0) is 6.54 Å². The lowest BCUT2D eigenvalue weighted by Crippen LogP contribution is -2.59. The van der Waals surface area contributed by atoms with Gasteiger partial charge in [0.25, 0.3) is 6.43 Å². The largest absolute Gasteiger partial charge is 0.318 e. The molecule has 3 heterocycles. The molecule has 200 valence electrons. The fourth-order valence-electron chi connectivity index (χ4n) is 4.78. The predicted octanol–water partition coefficient (Wildman–Crippen LogP) is 6.24. The standard InChI is InChI=1S/C26H30ClF2N5S.C2H6/c1-35(23-9-11-33(12-10-23)22-15-30-16-22)34(21-4-2-3-20(27)13-21)17-18-5-7-19(8-6-18)24-14-25(26(28)29)32-31-24;1-2/h2-8,13,22-23,26,30H,1,9-12,14-17H2;1-2H3.